The number of nitro benzene ring substituents is 1. The monoisotopic (exact) mass is 244 g/mol. The number of nitrogens with one attached hydrogen (secondary N) is 1. The van der Waals surface area contributed by atoms with Crippen molar-refractivity contribution < 1.29 is 9.66 Å². The molecule has 0 saturated carbocycles. The average Bonchev–Trinajstić information content (AvgIpc) is 2.26. The van der Waals surface area contributed by atoms with Gasteiger partial charge in [0.2, 0.25) is 0 Å². The molecule has 88 valence electrons. The van der Waals surface area contributed by atoms with Gasteiger partial charge >= 0.3 is 0 Å². The maximum atomic E-state index is 10.7. The average molecular weight is 245 g/mol. The maximum Gasteiger partial charge on any atom is 0.293 e. The molecule has 0 heterocycles. The lowest BCUT2D eigenvalue weighted by atomic mass is 10.2. The normalized spacial score (nSPS) is 10.1. The summed E-state index contributed by atoms with van der Waals surface area (Å²) in [6, 6.07) is 4.56. The Bertz CT molecular complexity index is 371. The van der Waals surface area contributed by atoms with E-state index in [0.717, 1.165) is 6.42 Å². The van der Waals surface area contributed by atoms with Crippen molar-refractivity contribution in [3.63, 3.8) is 0 Å². The van der Waals surface area contributed by atoms with E-state index < -0.39 is 4.92 Å². The molecule has 0 aromatic heterocycles. The number of halogens is 1. The fraction of sp³-hybridized carbons (Fsp3) is 0.400. The third-order valence-electron chi connectivity index (χ3n) is 2.00. The number of rotatable bonds is 6. The molecule has 6 heteroatoms. The molecule has 0 aliphatic heterocycles. The minimum absolute atomic E-state index is 0.00934. The largest absolute Gasteiger partial charge is 0.385 e. The van der Waals surface area contributed by atoms with Crippen LogP contribution in [0.25, 0.3) is 0 Å². The molecule has 0 spiro atoms. The van der Waals surface area contributed by atoms with Gasteiger partial charge in [-0.2, -0.15) is 0 Å². The second-order valence-electron chi connectivity index (χ2n) is 3.19. The fourth-order valence-electron chi connectivity index (χ4n) is 1.24. The minimum atomic E-state index is -0.454. The zero-order chi connectivity index (χ0) is 12.0. The molecule has 1 aromatic carbocycles. The first-order valence-electron chi connectivity index (χ1n) is 4.82. The quantitative estimate of drug-likeness (QED) is 0.475. The van der Waals surface area contributed by atoms with Gasteiger partial charge in [-0.3, -0.25) is 10.1 Å². The molecule has 16 heavy (non-hydrogen) atoms. The molecule has 1 N–H and O–H groups in total. The molecule has 0 radical (unpaired) electrons. The number of ether oxygens (including phenoxy) is 1. The zero-order valence-corrected chi connectivity index (χ0v) is 9.66. The predicted octanol–water partition coefficient (Wildman–Crippen LogP) is 2.70. The molecule has 0 amide bonds. The second-order valence-corrected chi connectivity index (χ2v) is 3.63. The lowest BCUT2D eigenvalue weighted by Crippen LogP contribution is -2.06. The lowest BCUT2D eigenvalue weighted by Gasteiger charge is -2.06. The maximum absolute atomic E-state index is 10.7. The van der Waals surface area contributed by atoms with E-state index in [-0.39, 0.29) is 5.69 Å². The Labute approximate surface area is 98.5 Å². The molecule has 0 saturated heterocycles. The molecule has 1 rings (SSSR count). The molecule has 0 unspecified atom stereocenters. The number of methoxy groups -OCH3 is 1. The van der Waals surface area contributed by atoms with E-state index in [1.807, 2.05) is 0 Å². The van der Waals surface area contributed by atoms with Crippen LogP contribution in [0.15, 0.2) is 18.2 Å². The van der Waals surface area contributed by atoms with E-state index in [1.54, 1.807) is 19.2 Å². The van der Waals surface area contributed by atoms with E-state index in [9.17, 15) is 10.1 Å². The van der Waals surface area contributed by atoms with Gasteiger partial charge in [-0.15, -0.1) is 0 Å². The Morgan fingerprint density at radius 1 is 1.56 bits per heavy atom. The van der Waals surface area contributed by atoms with Crippen LogP contribution in [0.1, 0.15) is 6.42 Å². The first-order chi connectivity index (χ1) is 7.65. The van der Waals surface area contributed by atoms with Gasteiger partial charge in [0.05, 0.1) is 4.92 Å². The molecule has 1 aromatic rings. The van der Waals surface area contributed by atoms with Crippen LogP contribution in [-0.4, -0.2) is 25.2 Å². The van der Waals surface area contributed by atoms with Crippen LogP contribution >= 0.6 is 11.6 Å². The summed E-state index contributed by atoms with van der Waals surface area (Å²) in [5.41, 5.74) is 0.468. The highest BCUT2D eigenvalue weighted by Gasteiger charge is 2.13. The highest BCUT2D eigenvalue weighted by atomic mass is 35.5. The van der Waals surface area contributed by atoms with Gasteiger partial charge in [0.1, 0.15) is 5.69 Å². The van der Waals surface area contributed by atoms with Crippen LogP contribution in [0, 0.1) is 10.1 Å². The number of hydrogen-bond donors (Lipinski definition) is 1. The van der Waals surface area contributed by atoms with E-state index in [0.29, 0.717) is 23.9 Å². The Kier molecular flexibility index (Phi) is 5.01. The summed E-state index contributed by atoms with van der Waals surface area (Å²) < 4.78 is 4.88. The molecule has 0 atom stereocenters. The van der Waals surface area contributed by atoms with E-state index >= 15 is 0 Å². The van der Waals surface area contributed by atoms with Crippen LogP contribution < -0.4 is 5.32 Å². The Balaban J connectivity index is 2.67. The van der Waals surface area contributed by atoms with Crippen LogP contribution in [0.5, 0.6) is 0 Å². The summed E-state index contributed by atoms with van der Waals surface area (Å²) in [5.74, 6) is 0. The third-order valence-corrected chi connectivity index (χ3v) is 2.23. The molecule has 0 bridgehead atoms. The molecule has 0 aliphatic rings. The SMILES string of the molecule is COCCCNc1ccc(Cl)cc1[N+](=O)[O-]. The minimum Gasteiger partial charge on any atom is -0.385 e. The van der Waals surface area contributed by atoms with Crippen molar-refractivity contribution in [1.82, 2.24) is 0 Å². The van der Waals surface area contributed by atoms with Gasteiger partial charge in [-0.05, 0) is 18.6 Å². The van der Waals surface area contributed by atoms with Crippen LogP contribution in [0.4, 0.5) is 11.4 Å². The molecular weight excluding hydrogens is 232 g/mol. The summed E-state index contributed by atoms with van der Waals surface area (Å²) in [6.07, 6.45) is 0.788. The number of nitrogens with zero attached hydrogens (tertiary/aromatic N) is 1. The molecule has 5 nitrogen and oxygen atoms in total. The van der Waals surface area contributed by atoms with Gasteiger partial charge in [0.25, 0.3) is 5.69 Å². The van der Waals surface area contributed by atoms with E-state index in [4.69, 9.17) is 16.3 Å². The van der Waals surface area contributed by atoms with Gasteiger partial charge in [-0.1, -0.05) is 11.6 Å². The van der Waals surface area contributed by atoms with Gasteiger partial charge in [0, 0.05) is 31.4 Å². The van der Waals surface area contributed by atoms with Crippen molar-refractivity contribution in [2.75, 3.05) is 25.6 Å². The van der Waals surface area contributed by atoms with Crippen molar-refractivity contribution in [2.45, 2.75) is 6.42 Å². The van der Waals surface area contributed by atoms with Gasteiger partial charge < -0.3 is 10.1 Å². The second kappa shape index (κ2) is 6.30. The fourth-order valence-corrected chi connectivity index (χ4v) is 1.41. The van der Waals surface area contributed by atoms with E-state index in [1.165, 1.54) is 6.07 Å². The molecule has 0 aliphatic carbocycles. The number of nitro groups is 1. The topological polar surface area (TPSA) is 64.4 Å². The van der Waals surface area contributed by atoms with Crippen molar-refractivity contribution in [2.24, 2.45) is 0 Å². The number of anilines is 1. The summed E-state index contributed by atoms with van der Waals surface area (Å²) >= 11 is 5.69. The summed E-state index contributed by atoms with van der Waals surface area (Å²) in [5, 5.41) is 14.1. The van der Waals surface area contributed by atoms with Crippen molar-refractivity contribution in [3.05, 3.63) is 33.3 Å². The van der Waals surface area contributed by atoms with Crippen LogP contribution in [0.2, 0.25) is 5.02 Å². The smallest absolute Gasteiger partial charge is 0.293 e. The summed E-state index contributed by atoms with van der Waals surface area (Å²) in [7, 11) is 1.62. The number of benzene rings is 1. The van der Waals surface area contributed by atoms with Gasteiger partial charge in [0.15, 0.2) is 0 Å². The molecular formula is C10H13ClN2O3. The van der Waals surface area contributed by atoms with Crippen molar-refractivity contribution >= 4 is 23.0 Å². The van der Waals surface area contributed by atoms with Crippen LogP contribution in [0.3, 0.4) is 0 Å². The summed E-state index contributed by atoms with van der Waals surface area (Å²) in [6.45, 7) is 1.24. The highest BCUT2D eigenvalue weighted by Crippen LogP contribution is 2.27. The van der Waals surface area contributed by atoms with Crippen molar-refractivity contribution in [1.29, 1.82) is 0 Å². The molecule has 0 fully saturated rings. The first-order valence-corrected chi connectivity index (χ1v) is 5.19. The van der Waals surface area contributed by atoms with Crippen LogP contribution in [-0.2, 0) is 4.74 Å². The lowest BCUT2D eigenvalue weighted by molar-refractivity contribution is -0.383. The zero-order valence-electron chi connectivity index (χ0n) is 8.90. The van der Waals surface area contributed by atoms with Gasteiger partial charge in [-0.25, -0.2) is 0 Å². The number of hydrogen-bond acceptors (Lipinski definition) is 4. The van der Waals surface area contributed by atoms with E-state index in [2.05, 4.69) is 5.32 Å². The highest BCUT2D eigenvalue weighted by molar-refractivity contribution is 6.30. The van der Waals surface area contributed by atoms with Crippen molar-refractivity contribution in [3.8, 4) is 0 Å². The Morgan fingerprint density at radius 2 is 2.31 bits per heavy atom. The third kappa shape index (κ3) is 3.67. The standard InChI is InChI=1S/C10H13ClN2O3/c1-16-6-2-5-12-9-4-3-8(11)7-10(9)13(14)15/h3-4,7,12H,2,5-6H2,1H3. The Hall–Kier alpha value is -1.33. The first kappa shape index (κ1) is 12.7. The predicted molar refractivity (Wildman–Crippen MR) is 63.1 cm³/mol. The Morgan fingerprint density at radius 3 is 2.94 bits per heavy atom. The summed E-state index contributed by atoms with van der Waals surface area (Å²) in [4.78, 5) is 10.3.